The first-order valence-electron chi connectivity index (χ1n) is 40.1. The third-order valence-corrected chi connectivity index (χ3v) is 19.8. The van der Waals surface area contributed by atoms with Crippen LogP contribution in [0, 0.1) is 18.6 Å². The second-order valence-corrected chi connectivity index (χ2v) is 29.2. The molecule has 20 rings (SSSR count). The van der Waals surface area contributed by atoms with E-state index < -0.39 is 47.8 Å². The molecule has 42 heteroatoms. The molecule has 20 aromatic rings. The van der Waals surface area contributed by atoms with Gasteiger partial charge in [-0.1, -0.05) is 84.4 Å². The minimum atomic E-state index is -4.75. The van der Waals surface area contributed by atoms with E-state index in [0.29, 0.717) is 129 Å². The summed E-state index contributed by atoms with van der Waals surface area (Å²) in [6.45, 7) is 2.10. The molecule has 0 saturated carbocycles. The number of aromatic nitrogens is 15. The van der Waals surface area contributed by atoms with Crippen LogP contribution in [0.5, 0.6) is 40.9 Å². The normalized spacial score (nSPS) is 11.5. The van der Waals surface area contributed by atoms with Crippen molar-refractivity contribution < 1.29 is 117 Å². The second kappa shape index (κ2) is 41.3. The van der Waals surface area contributed by atoms with E-state index in [1.54, 1.807) is 196 Å². The number of benzene rings is 10. The number of hydrogen-bond donors (Lipinski definition) is 0. The summed E-state index contributed by atoms with van der Waals surface area (Å²) in [6.07, 6.45) is -2.42. The number of aryl methyl sites for hydroxylation is 1. The van der Waals surface area contributed by atoms with Gasteiger partial charge in [-0.25, -0.2) is 58.6 Å². The molecule has 0 fully saturated rings. The first-order chi connectivity index (χ1) is 66.0. The topological polar surface area (TPSA) is 324 Å². The van der Waals surface area contributed by atoms with Crippen molar-refractivity contribution in [1.29, 1.82) is 0 Å². The summed E-state index contributed by atoms with van der Waals surface area (Å²) >= 11 is 5.74. The molecule has 10 aromatic carbocycles. The standard InChI is InChI=1S/C20H14F3N3O3.C19H11F4N3O2.C19H12F3N3O3.C19H12F3N3O2.C18H11ClFN3O2/c1-12-9-13(3-5-16(12)28-20(21,22)23)14-4-6-17-15(10-14)19(26-29-17)27-11-18-24-7-2-8-25-18;20-15-9-12(19(21,22)23)3-4-13(15)11-2-5-16-14(8-11)18(26-28-16)27-10-17-24-6-1-7-25-17;20-19(21,22)27-14-4-1-3-12(9-14)13-5-6-16-15(10-13)18(25-28-16)26-11-17-23-7-2-8-24-17;20-19(21,22)14-5-2-12(3-6-14)13-4-7-16-15(10-13)18(25-27-16)26-11-17-23-8-1-9-24-17;19-14-4-2-12(9-15(14)20)11-3-5-16-13(8-11)18(23-25-16)24-10-17-21-6-1-7-22-17/h2-10H,11H2,1H3;1-9H,10H2;1-10H,11H2;1-10H,11H2;1-9H,10H2. The summed E-state index contributed by atoms with van der Waals surface area (Å²) in [4.78, 5) is 40.7. The average Bonchev–Trinajstić information content (AvgIpc) is 1.74. The maximum atomic E-state index is 14.3. The van der Waals surface area contributed by atoms with Gasteiger partial charge in [0, 0.05) is 67.5 Å². The highest BCUT2D eigenvalue weighted by Gasteiger charge is 2.35. The van der Waals surface area contributed by atoms with Crippen LogP contribution >= 0.6 is 11.6 Å². The van der Waals surface area contributed by atoms with Crippen molar-refractivity contribution in [1.82, 2.24) is 75.6 Å². The molecule has 0 atom stereocenters. The molecule has 27 nitrogen and oxygen atoms in total. The zero-order chi connectivity index (χ0) is 95.8. The van der Waals surface area contributed by atoms with Crippen LogP contribution in [0.3, 0.4) is 0 Å². The lowest BCUT2D eigenvalue weighted by atomic mass is 10.0. The molecule has 0 radical (unpaired) electrons. The molecule has 0 aliphatic rings. The fourth-order valence-corrected chi connectivity index (χ4v) is 13.2. The zero-order valence-electron chi connectivity index (χ0n) is 69.9. The van der Waals surface area contributed by atoms with Crippen LogP contribution in [0.1, 0.15) is 45.8 Å². The molecule has 0 saturated heterocycles. The first kappa shape index (κ1) is 93.1. The Morgan fingerprint density at radius 2 is 0.577 bits per heavy atom. The Bertz CT molecular complexity index is 7530. The van der Waals surface area contributed by atoms with Crippen molar-refractivity contribution >= 4 is 66.4 Å². The third kappa shape index (κ3) is 24.2. The smallest absolute Gasteiger partial charge is 0.467 e. The quantitative estimate of drug-likeness (QED) is 0.0569. The maximum absolute atomic E-state index is 14.3. The third-order valence-electron chi connectivity index (χ3n) is 19.5. The van der Waals surface area contributed by atoms with Gasteiger partial charge in [0.15, 0.2) is 57.0 Å². The van der Waals surface area contributed by atoms with Gasteiger partial charge in [-0.05, 0) is 240 Å². The van der Waals surface area contributed by atoms with Crippen molar-refractivity contribution in [2.75, 3.05) is 0 Å². The summed E-state index contributed by atoms with van der Waals surface area (Å²) < 4.78 is 241. The van der Waals surface area contributed by atoms with Gasteiger partial charge in [-0.15, -0.1) is 26.3 Å². The summed E-state index contributed by atoms with van der Waals surface area (Å²) in [5, 5.41) is 22.5. The van der Waals surface area contributed by atoms with E-state index in [9.17, 15) is 61.5 Å². The van der Waals surface area contributed by atoms with E-state index in [1.165, 1.54) is 54.6 Å². The van der Waals surface area contributed by atoms with Gasteiger partial charge >= 0.3 is 25.1 Å². The number of alkyl halides is 12. The Balaban J connectivity index is 0.000000124. The van der Waals surface area contributed by atoms with Crippen LogP contribution in [-0.2, 0) is 45.4 Å². The lowest BCUT2D eigenvalue weighted by Crippen LogP contribution is -2.17. The van der Waals surface area contributed by atoms with E-state index >= 15 is 0 Å². The first-order valence-corrected chi connectivity index (χ1v) is 40.5. The second-order valence-electron chi connectivity index (χ2n) is 28.8. The van der Waals surface area contributed by atoms with Crippen molar-refractivity contribution in [3.63, 3.8) is 0 Å². The van der Waals surface area contributed by atoms with Crippen LogP contribution in [0.25, 0.3) is 110 Å². The average molecular weight is 1910 g/mol. The lowest BCUT2D eigenvalue weighted by molar-refractivity contribution is -0.275. The van der Waals surface area contributed by atoms with E-state index in [-0.39, 0.29) is 78.6 Å². The Kier molecular flexibility index (Phi) is 28.1. The monoisotopic (exact) mass is 1900 g/mol. The molecular formula is C95H60ClF14N15O12. The molecule has 0 aliphatic heterocycles. The highest BCUT2D eigenvalue weighted by molar-refractivity contribution is 6.30. The van der Waals surface area contributed by atoms with Crippen molar-refractivity contribution in [2.24, 2.45) is 0 Å². The van der Waals surface area contributed by atoms with Gasteiger partial charge in [0.1, 0.15) is 56.2 Å². The molecule has 10 aromatic heterocycles. The van der Waals surface area contributed by atoms with E-state index in [1.807, 2.05) is 12.1 Å². The van der Waals surface area contributed by atoms with Crippen LogP contribution in [-0.4, -0.2) is 88.3 Å². The number of hydrogen-bond acceptors (Lipinski definition) is 27. The molecule has 0 aliphatic carbocycles. The fourth-order valence-electron chi connectivity index (χ4n) is 13.1. The molecule has 0 N–H and O–H groups in total. The summed E-state index contributed by atoms with van der Waals surface area (Å²) in [5.74, 6) is 1.73. The van der Waals surface area contributed by atoms with E-state index in [2.05, 4.69) is 85.1 Å². The van der Waals surface area contributed by atoms with Gasteiger partial charge in [0.2, 0.25) is 0 Å². The Morgan fingerprint density at radius 3 is 0.912 bits per heavy atom. The van der Waals surface area contributed by atoms with Gasteiger partial charge in [0.05, 0.1) is 43.1 Å². The summed E-state index contributed by atoms with van der Waals surface area (Å²) in [7, 11) is 0. The minimum absolute atomic E-state index is 0.0217. The predicted octanol–water partition coefficient (Wildman–Crippen LogP) is 24.4. The molecular weight excluding hydrogens is 1840 g/mol. The van der Waals surface area contributed by atoms with Crippen LogP contribution in [0.15, 0.2) is 309 Å². The number of ether oxygens (including phenoxy) is 7. The summed E-state index contributed by atoms with van der Waals surface area (Å²) in [5.41, 5.74) is 7.03. The highest BCUT2D eigenvalue weighted by Crippen LogP contribution is 2.41. The van der Waals surface area contributed by atoms with Crippen LogP contribution in [0.2, 0.25) is 5.02 Å². The molecule has 10 heterocycles. The molecule has 0 amide bonds. The van der Waals surface area contributed by atoms with E-state index in [4.69, 9.17) is 57.9 Å². The maximum Gasteiger partial charge on any atom is 0.573 e. The Labute approximate surface area is 766 Å². The number of nitrogens with zero attached hydrogens (tertiary/aromatic N) is 15. The number of halogens is 15. The molecule has 137 heavy (non-hydrogen) atoms. The zero-order valence-corrected chi connectivity index (χ0v) is 70.7. The van der Waals surface area contributed by atoms with Gasteiger partial charge in [-0.2, -0.15) is 26.3 Å². The largest absolute Gasteiger partial charge is 0.573 e. The lowest BCUT2D eigenvalue weighted by Gasteiger charge is -2.12. The predicted molar refractivity (Wildman–Crippen MR) is 462 cm³/mol. The minimum Gasteiger partial charge on any atom is -0.467 e. The van der Waals surface area contributed by atoms with Crippen molar-refractivity contribution in [2.45, 2.75) is 65.0 Å². The van der Waals surface area contributed by atoms with Gasteiger partial charge in [-0.3, -0.25) is 0 Å². The van der Waals surface area contributed by atoms with E-state index in [0.717, 1.165) is 46.5 Å². The molecule has 0 spiro atoms. The highest BCUT2D eigenvalue weighted by atomic mass is 35.5. The molecule has 0 bridgehead atoms. The van der Waals surface area contributed by atoms with Crippen molar-refractivity contribution in [3.05, 3.63) is 349 Å². The van der Waals surface area contributed by atoms with Gasteiger partial charge in [0.25, 0.3) is 29.4 Å². The number of fused-ring (bicyclic) bond motifs is 5. The SMILES string of the molecule is Cc1cc(-c2ccc3onc(OCc4ncccn4)c3c2)ccc1OC(F)(F)F.FC(F)(F)Oc1cccc(-c2ccc3onc(OCc4ncccn4)c3c2)c1.FC(F)(F)c1ccc(-c2ccc3onc(OCc4ncccn4)c3c2)cc1.Fc1cc(-c2ccc3onc(OCc4ncccn4)c3c2)ccc1Cl.Fc1cc(C(F)(F)F)ccc1-c1ccc2onc(OCc3ncccn3)c2c1. The fraction of sp³-hybridized carbons (Fsp3) is 0.105. The van der Waals surface area contributed by atoms with Gasteiger partial charge < -0.3 is 55.8 Å². The number of rotatable bonds is 22. The van der Waals surface area contributed by atoms with Crippen molar-refractivity contribution in [3.8, 4) is 96.5 Å². The molecule has 692 valence electrons. The van der Waals surface area contributed by atoms with Crippen LogP contribution in [0.4, 0.5) is 61.5 Å². The van der Waals surface area contributed by atoms with Crippen LogP contribution < -0.4 is 33.2 Å². The Morgan fingerprint density at radius 1 is 0.277 bits per heavy atom. The summed E-state index contributed by atoms with van der Waals surface area (Å²) in [6, 6.07) is 56.3. The molecule has 0 unspecified atom stereocenters. The Hall–Kier alpha value is -17.1.